The minimum absolute atomic E-state index is 0.0436. The molecule has 0 fully saturated rings. The molecule has 6 heteroatoms. The molecule has 0 heterocycles. The normalized spacial score (nSPS) is 10.4. The van der Waals surface area contributed by atoms with Crippen LogP contribution in [0.1, 0.15) is 30.6 Å². The Labute approximate surface area is 157 Å². The molecule has 0 spiro atoms. The van der Waals surface area contributed by atoms with E-state index in [1.165, 1.54) is 23.9 Å². The molecule has 0 saturated carbocycles. The van der Waals surface area contributed by atoms with Gasteiger partial charge in [-0.1, -0.05) is 6.07 Å². The van der Waals surface area contributed by atoms with Crippen molar-refractivity contribution in [2.45, 2.75) is 25.2 Å². The Morgan fingerprint density at radius 2 is 1.77 bits per heavy atom. The molecule has 2 aromatic rings. The highest BCUT2D eigenvalue weighted by Gasteiger charge is 2.13. The van der Waals surface area contributed by atoms with Crippen LogP contribution in [0.25, 0.3) is 0 Å². The van der Waals surface area contributed by atoms with Gasteiger partial charge >= 0.3 is 0 Å². The molecule has 138 valence electrons. The average molecular weight is 374 g/mol. The number of benzene rings is 2. The van der Waals surface area contributed by atoms with E-state index in [2.05, 4.69) is 5.32 Å². The maximum absolute atomic E-state index is 12.9. The van der Waals surface area contributed by atoms with E-state index in [-0.39, 0.29) is 17.6 Å². The number of thioether (sulfide) groups is 1. The van der Waals surface area contributed by atoms with Gasteiger partial charge in [0.25, 0.3) is 5.91 Å². The van der Waals surface area contributed by atoms with Crippen molar-refractivity contribution in [1.82, 2.24) is 4.90 Å². The smallest absolute Gasteiger partial charge is 0.253 e. The maximum Gasteiger partial charge on any atom is 0.253 e. The molecule has 0 aliphatic heterocycles. The van der Waals surface area contributed by atoms with Crippen molar-refractivity contribution in [3.05, 3.63) is 59.9 Å². The van der Waals surface area contributed by atoms with Gasteiger partial charge in [-0.25, -0.2) is 4.39 Å². The highest BCUT2D eigenvalue weighted by Crippen LogP contribution is 2.19. The molecule has 0 aliphatic carbocycles. The SMILES string of the molecule is CCN(CC)C(=O)c1cccc(NC(=O)CCSc2ccc(F)cc2)c1. The molecule has 0 saturated heterocycles. The molecular formula is C20H23FN2O2S. The second-order valence-electron chi connectivity index (χ2n) is 5.66. The fourth-order valence-electron chi connectivity index (χ4n) is 2.44. The van der Waals surface area contributed by atoms with Gasteiger partial charge in [0, 0.05) is 41.4 Å². The van der Waals surface area contributed by atoms with Crippen LogP contribution in [0.4, 0.5) is 10.1 Å². The number of amides is 2. The zero-order valence-corrected chi connectivity index (χ0v) is 15.8. The third kappa shape index (κ3) is 5.88. The molecule has 2 amide bonds. The van der Waals surface area contributed by atoms with Gasteiger partial charge in [-0.2, -0.15) is 0 Å². The lowest BCUT2D eigenvalue weighted by Gasteiger charge is -2.19. The largest absolute Gasteiger partial charge is 0.339 e. The Bertz CT molecular complexity index is 746. The first kappa shape index (κ1) is 20.0. The van der Waals surface area contributed by atoms with Crippen LogP contribution in [-0.2, 0) is 4.79 Å². The third-order valence-electron chi connectivity index (χ3n) is 3.86. The number of anilines is 1. The van der Waals surface area contributed by atoms with E-state index in [4.69, 9.17) is 0 Å². The van der Waals surface area contributed by atoms with Crippen LogP contribution in [0.2, 0.25) is 0 Å². The number of rotatable bonds is 8. The zero-order chi connectivity index (χ0) is 18.9. The fourth-order valence-corrected chi connectivity index (χ4v) is 3.29. The van der Waals surface area contributed by atoms with Gasteiger partial charge in [-0.15, -0.1) is 11.8 Å². The number of nitrogens with one attached hydrogen (secondary N) is 1. The van der Waals surface area contributed by atoms with E-state index < -0.39 is 0 Å². The van der Waals surface area contributed by atoms with E-state index in [1.807, 2.05) is 13.8 Å². The average Bonchev–Trinajstić information content (AvgIpc) is 2.64. The molecule has 2 aromatic carbocycles. The Morgan fingerprint density at radius 1 is 1.08 bits per heavy atom. The minimum atomic E-state index is -0.272. The molecule has 26 heavy (non-hydrogen) atoms. The monoisotopic (exact) mass is 374 g/mol. The van der Waals surface area contributed by atoms with Crippen molar-refractivity contribution in [2.75, 3.05) is 24.2 Å². The first-order chi connectivity index (χ1) is 12.5. The van der Waals surface area contributed by atoms with Crippen molar-refractivity contribution in [2.24, 2.45) is 0 Å². The van der Waals surface area contributed by atoms with Crippen LogP contribution >= 0.6 is 11.8 Å². The molecule has 0 aromatic heterocycles. The maximum atomic E-state index is 12.9. The number of halogens is 1. The first-order valence-corrected chi connectivity index (χ1v) is 9.59. The van der Waals surface area contributed by atoms with Crippen LogP contribution in [-0.4, -0.2) is 35.6 Å². The molecule has 0 aliphatic rings. The van der Waals surface area contributed by atoms with Gasteiger partial charge in [0.15, 0.2) is 0 Å². The van der Waals surface area contributed by atoms with Crippen LogP contribution in [0.5, 0.6) is 0 Å². The van der Waals surface area contributed by atoms with Crippen molar-refractivity contribution < 1.29 is 14.0 Å². The number of carbonyl (C=O) groups is 2. The number of hydrogen-bond acceptors (Lipinski definition) is 3. The van der Waals surface area contributed by atoms with Crippen molar-refractivity contribution >= 4 is 29.3 Å². The topological polar surface area (TPSA) is 49.4 Å². The number of nitrogens with zero attached hydrogens (tertiary/aromatic N) is 1. The summed E-state index contributed by atoms with van der Waals surface area (Å²) in [5.41, 5.74) is 1.17. The molecular weight excluding hydrogens is 351 g/mol. The Kier molecular flexibility index (Phi) is 7.66. The first-order valence-electron chi connectivity index (χ1n) is 8.61. The summed E-state index contributed by atoms with van der Waals surface area (Å²) in [4.78, 5) is 27.1. The van der Waals surface area contributed by atoms with E-state index in [0.29, 0.717) is 36.5 Å². The summed E-state index contributed by atoms with van der Waals surface area (Å²) in [6.45, 7) is 5.16. The van der Waals surface area contributed by atoms with Gasteiger partial charge in [-0.05, 0) is 56.3 Å². The van der Waals surface area contributed by atoms with Crippen LogP contribution < -0.4 is 5.32 Å². The standard InChI is InChI=1S/C20H23FN2O2S/c1-3-23(4-2)20(25)15-6-5-7-17(14-15)22-19(24)12-13-26-18-10-8-16(21)9-11-18/h5-11,14H,3-4,12-13H2,1-2H3,(H,22,24). The Hall–Kier alpha value is -2.34. The van der Waals surface area contributed by atoms with Gasteiger partial charge in [0.05, 0.1) is 0 Å². The van der Waals surface area contributed by atoms with Crippen LogP contribution in [0.3, 0.4) is 0 Å². The molecule has 0 unspecified atom stereocenters. The summed E-state index contributed by atoms with van der Waals surface area (Å²) < 4.78 is 12.9. The van der Waals surface area contributed by atoms with E-state index in [9.17, 15) is 14.0 Å². The van der Waals surface area contributed by atoms with Gasteiger partial charge in [-0.3, -0.25) is 9.59 Å². The lowest BCUT2D eigenvalue weighted by Crippen LogP contribution is -2.30. The molecule has 0 bridgehead atoms. The highest BCUT2D eigenvalue weighted by atomic mass is 32.2. The summed E-state index contributed by atoms with van der Waals surface area (Å²) in [5, 5.41) is 2.82. The summed E-state index contributed by atoms with van der Waals surface area (Å²) in [7, 11) is 0. The van der Waals surface area contributed by atoms with E-state index >= 15 is 0 Å². The molecule has 0 radical (unpaired) electrons. The van der Waals surface area contributed by atoms with Crippen molar-refractivity contribution in [3.63, 3.8) is 0 Å². The predicted octanol–water partition coefficient (Wildman–Crippen LogP) is 4.43. The van der Waals surface area contributed by atoms with Gasteiger partial charge in [0.2, 0.25) is 5.91 Å². The molecule has 2 rings (SSSR count). The van der Waals surface area contributed by atoms with Gasteiger partial charge < -0.3 is 10.2 Å². The lowest BCUT2D eigenvalue weighted by atomic mass is 10.1. The zero-order valence-electron chi connectivity index (χ0n) is 15.0. The van der Waals surface area contributed by atoms with E-state index in [1.54, 1.807) is 41.3 Å². The number of carbonyl (C=O) groups excluding carboxylic acids is 2. The van der Waals surface area contributed by atoms with Crippen LogP contribution in [0, 0.1) is 5.82 Å². The van der Waals surface area contributed by atoms with Gasteiger partial charge in [0.1, 0.15) is 5.82 Å². The summed E-state index contributed by atoms with van der Waals surface area (Å²) in [6.07, 6.45) is 0.330. The lowest BCUT2D eigenvalue weighted by molar-refractivity contribution is -0.115. The second-order valence-corrected chi connectivity index (χ2v) is 6.83. The second kappa shape index (κ2) is 9.97. The number of hydrogen-bond donors (Lipinski definition) is 1. The summed E-state index contributed by atoms with van der Waals surface area (Å²) in [6, 6.07) is 13.2. The van der Waals surface area contributed by atoms with E-state index in [0.717, 1.165) is 4.90 Å². The highest BCUT2D eigenvalue weighted by molar-refractivity contribution is 7.99. The summed E-state index contributed by atoms with van der Waals surface area (Å²) in [5.74, 6) is 0.159. The molecule has 1 N–H and O–H groups in total. The minimum Gasteiger partial charge on any atom is -0.339 e. The van der Waals surface area contributed by atoms with Crippen LogP contribution in [0.15, 0.2) is 53.4 Å². The van der Waals surface area contributed by atoms with Crippen molar-refractivity contribution in [3.8, 4) is 0 Å². The van der Waals surface area contributed by atoms with Crippen molar-refractivity contribution in [1.29, 1.82) is 0 Å². The Morgan fingerprint density at radius 3 is 2.42 bits per heavy atom. The fraction of sp³-hybridized carbons (Fsp3) is 0.300. The predicted molar refractivity (Wildman–Crippen MR) is 104 cm³/mol. The molecule has 0 atom stereocenters. The summed E-state index contributed by atoms with van der Waals surface area (Å²) >= 11 is 1.50. The Balaban J connectivity index is 1.87. The third-order valence-corrected chi connectivity index (χ3v) is 4.87. The molecule has 4 nitrogen and oxygen atoms in total. The quantitative estimate of drug-likeness (QED) is 0.696.